The maximum Gasteiger partial charge on any atom is 0.230 e. The van der Waals surface area contributed by atoms with Gasteiger partial charge in [0.05, 0.1) is 26.0 Å². The van der Waals surface area contributed by atoms with Crippen LogP contribution in [0.1, 0.15) is 24.1 Å². The number of carbonyl (C=O) groups is 1. The van der Waals surface area contributed by atoms with Crippen LogP contribution in [0.4, 0.5) is 0 Å². The van der Waals surface area contributed by atoms with E-state index >= 15 is 0 Å². The molecule has 0 aliphatic carbocycles. The van der Waals surface area contributed by atoms with Gasteiger partial charge in [0.2, 0.25) is 5.91 Å². The SMILES string of the molecule is COc1ccc(OC)c([C@H](C)NC(=O)CSCc2ccc(Cl)cc2)c1. The van der Waals surface area contributed by atoms with Gasteiger partial charge in [-0.15, -0.1) is 11.8 Å². The molecule has 2 aromatic rings. The van der Waals surface area contributed by atoms with Crippen LogP contribution in [0.3, 0.4) is 0 Å². The van der Waals surface area contributed by atoms with E-state index in [1.807, 2.05) is 49.4 Å². The number of benzene rings is 2. The number of hydrogen-bond acceptors (Lipinski definition) is 4. The monoisotopic (exact) mass is 379 g/mol. The van der Waals surface area contributed by atoms with Crippen molar-refractivity contribution in [2.45, 2.75) is 18.7 Å². The standard InChI is InChI=1S/C19H22ClNO3S/c1-13(17-10-16(23-2)8-9-18(17)24-3)21-19(22)12-25-11-14-4-6-15(20)7-5-14/h4-10,13H,11-12H2,1-3H3,(H,21,22)/t13-/m0/s1. The number of amides is 1. The quantitative estimate of drug-likeness (QED) is 0.735. The van der Waals surface area contributed by atoms with Crippen molar-refractivity contribution in [1.29, 1.82) is 0 Å². The Bertz CT molecular complexity index is 706. The summed E-state index contributed by atoms with van der Waals surface area (Å²) in [5, 5.41) is 3.72. The summed E-state index contributed by atoms with van der Waals surface area (Å²) in [7, 11) is 3.23. The van der Waals surface area contributed by atoms with Crippen LogP contribution >= 0.6 is 23.4 Å². The minimum atomic E-state index is -0.173. The van der Waals surface area contributed by atoms with E-state index < -0.39 is 0 Å². The van der Waals surface area contributed by atoms with E-state index in [0.717, 1.165) is 28.4 Å². The first kappa shape index (κ1) is 19.5. The van der Waals surface area contributed by atoms with Crippen molar-refractivity contribution in [3.8, 4) is 11.5 Å². The molecule has 1 N–H and O–H groups in total. The Labute approximate surface area is 157 Å². The summed E-state index contributed by atoms with van der Waals surface area (Å²) in [4.78, 5) is 12.2. The van der Waals surface area contributed by atoms with Crippen molar-refractivity contribution in [2.75, 3.05) is 20.0 Å². The molecule has 0 aliphatic rings. The fraction of sp³-hybridized carbons (Fsp3) is 0.316. The molecule has 6 heteroatoms. The molecule has 2 rings (SSSR count). The first-order valence-corrected chi connectivity index (χ1v) is 9.40. The molecule has 0 radical (unpaired) electrons. The van der Waals surface area contributed by atoms with Gasteiger partial charge in [-0.3, -0.25) is 4.79 Å². The molecule has 25 heavy (non-hydrogen) atoms. The summed E-state index contributed by atoms with van der Waals surface area (Å²) in [5.41, 5.74) is 2.03. The number of nitrogens with one attached hydrogen (secondary N) is 1. The summed E-state index contributed by atoms with van der Waals surface area (Å²) >= 11 is 7.43. The van der Waals surface area contributed by atoms with Crippen molar-refractivity contribution in [1.82, 2.24) is 5.32 Å². The first-order chi connectivity index (χ1) is 12.0. The third kappa shape index (κ3) is 5.87. The van der Waals surface area contributed by atoms with Gasteiger partial charge in [0.1, 0.15) is 11.5 Å². The number of carbonyl (C=O) groups excluding carboxylic acids is 1. The molecule has 0 spiro atoms. The molecule has 4 nitrogen and oxygen atoms in total. The van der Waals surface area contributed by atoms with E-state index in [1.165, 1.54) is 0 Å². The lowest BCUT2D eigenvalue weighted by Gasteiger charge is -2.18. The highest BCUT2D eigenvalue weighted by atomic mass is 35.5. The van der Waals surface area contributed by atoms with E-state index in [9.17, 15) is 4.79 Å². The van der Waals surface area contributed by atoms with E-state index in [2.05, 4.69) is 5.32 Å². The van der Waals surface area contributed by atoms with E-state index in [4.69, 9.17) is 21.1 Å². The summed E-state index contributed by atoms with van der Waals surface area (Å²) in [6, 6.07) is 13.0. The minimum absolute atomic E-state index is 0.0173. The van der Waals surface area contributed by atoms with Crippen LogP contribution in [0.2, 0.25) is 5.02 Å². The molecule has 0 heterocycles. The fourth-order valence-corrected chi connectivity index (χ4v) is 3.31. The van der Waals surface area contributed by atoms with E-state index in [0.29, 0.717) is 10.8 Å². The second-order valence-electron chi connectivity index (χ2n) is 5.52. The highest BCUT2D eigenvalue weighted by Crippen LogP contribution is 2.29. The van der Waals surface area contributed by atoms with Crippen molar-refractivity contribution in [3.05, 3.63) is 58.6 Å². The van der Waals surface area contributed by atoms with Gasteiger partial charge >= 0.3 is 0 Å². The molecule has 0 fully saturated rings. The number of methoxy groups -OCH3 is 2. The number of halogens is 1. The molecular formula is C19H22ClNO3S. The van der Waals surface area contributed by atoms with Crippen molar-refractivity contribution in [2.24, 2.45) is 0 Å². The van der Waals surface area contributed by atoms with Gasteiger partial charge in [0.25, 0.3) is 0 Å². The van der Waals surface area contributed by atoms with Crippen molar-refractivity contribution < 1.29 is 14.3 Å². The molecule has 1 amide bonds. The van der Waals surface area contributed by atoms with E-state index in [1.54, 1.807) is 26.0 Å². The van der Waals surface area contributed by atoms with Gasteiger partial charge in [-0.25, -0.2) is 0 Å². The van der Waals surface area contributed by atoms with Crippen LogP contribution in [0, 0.1) is 0 Å². The van der Waals surface area contributed by atoms with Gasteiger partial charge in [-0.1, -0.05) is 23.7 Å². The fourth-order valence-electron chi connectivity index (χ4n) is 2.38. The predicted molar refractivity (Wildman–Crippen MR) is 104 cm³/mol. The summed E-state index contributed by atoms with van der Waals surface area (Å²) in [6.07, 6.45) is 0. The molecular weight excluding hydrogens is 358 g/mol. The molecule has 0 bridgehead atoms. The highest BCUT2D eigenvalue weighted by molar-refractivity contribution is 7.99. The molecule has 0 saturated heterocycles. The lowest BCUT2D eigenvalue weighted by atomic mass is 10.1. The molecule has 2 aromatic carbocycles. The first-order valence-electron chi connectivity index (χ1n) is 7.87. The zero-order valence-electron chi connectivity index (χ0n) is 14.5. The van der Waals surface area contributed by atoms with Crippen LogP contribution < -0.4 is 14.8 Å². The Morgan fingerprint density at radius 3 is 2.52 bits per heavy atom. The van der Waals surface area contributed by atoms with Gasteiger partial charge in [-0.05, 0) is 42.8 Å². The third-order valence-electron chi connectivity index (χ3n) is 3.70. The Morgan fingerprint density at radius 2 is 1.88 bits per heavy atom. The Hall–Kier alpha value is -1.85. The molecule has 0 unspecified atom stereocenters. The third-order valence-corrected chi connectivity index (χ3v) is 4.95. The maximum absolute atomic E-state index is 12.2. The summed E-state index contributed by atoms with van der Waals surface area (Å²) in [5.74, 6) is 2.59. The number of thioether (sulfide) groups is 1. The minimum Gasteiger partial charge on any atom is -0.497 e. The number of hydrogen-bond donors (Lipinski definition) is 1. The average Bonchev–Trinajstić information content (AvgIpc) is 2.62. The second kappa shape index (κ2) is 9.59. The Kier molecular flexibility index (Phi) is 7.47. The van der Waals surface area contributed by atoms with Crippen LogP contribution in [0.15, 0.2) is 42.5 Å². The zero-order valence-corrected chi connectivity index (χ0v) is 16.1. The van der Waals surface area contributed by atoms with Crippen LogP contribution in [-0.4, -0.2) is 25.9 Å². The van der Waals surface area contributed by atoms with E-state index in [-0.39, 0.29) is 11.9 Å². The van der Waals surface area contributed by atoms with Crippen LogP contribution in [0.25, 0.3) is 0 Å². The molecule has 134 valence electrons. The molecule has 0 saturated carbocycles. The molecule has 0 aromatic heterocycles. The lowest BCUT2D eigenvalue weighted by molar-refractivity contribution is -0.119. The Balaban J connectivity index is 1.88. The largest absolute Gasteiger partial charge is 0.497 e. The summed E-state index contributed by atoms with van der Waals surface area (Å²) in [6.45, 7) is 1.93. The van der Waals surface area contributed by atoms with Gasteiger partial charge in [0.15, 0.2) is 0 Å². The van der Waals surface area contributed by atoms with Gasteiger partial charge in [-0.2, -0.15) is 0 Å². The van der Waals surface area contributed by atoms with Gasteiger partial charge < -0.3 is 14.8 Å². The second-order valence-corrected chi connectivity index (χ2v) is 6.94. The van der Waals surface area contributed by atoms with Crippen molar-refractivity contribution >= 4 is 29.3 Å². The lowest BCUT2D eigenvalue weighted by Crippen LogP contribution is -2.28. The zero-order chi connectivity index (χ0) is 18.2. The predicted octanol–water partition coefficient (Wildman–Crippen LogP) is 4.47. The normalized spacial score (nSPS) is 11.7. The number of ether oxygens (including phenoxy) is 2. The number of rotatable bonds is 8. The van der Waals surface area contributed by atoms with Gasteiger partial charge in [0, 0.05) is 16.3 Å². The smallest absolute Gasteiger partial charge is 0.230 e. The maximum atomic E-state index is 12.2. The molecule has 0 aliphatic heterocycles. The van der Waals surface area contributed by atoms with Crippen molar-refractivity contribution in [3.63, 3.8) is 0 Å². The Morgan fingerprint density at radius 1 is 1.16 bits per heavy atom. The molecule has 1 atom stereocenters. The van der Waals surface area contributed by atoms with Crippen LogP contribution in [0.5, 0.6) is 11.5 Å². The summed E-state index contributed by atoms with van der Waals surface area (Å²) < 4.78 is 10.6. The highest BCUT2D eigenvalue weighted by Gasteiger charge is 2.15. The average molecular weight is 380 g/mol. The van der Waals surface area contributed by atoms with Crippen LogP contribution in [-0.2, 0) is 10.5 Å². The topological polar surface area (TPSA) is 47.6 Å².